The molecule has 1 aliphatic rings. The lowest BCUT2D eigenvalue weighted by molar-refractivity contribution is 0.0416. The lowest BCUT2D eigenvalue weighted by atomic mass is 9.79. The summed E-state index contributed by atoms with van der Waals surface area (Å²) >= 11 is 0. The van der Waals surface area contributed by atoms with Gasteiger partial charge in [-0.3, -0.25) is 0 Å². The molecule has 84 valence electrons. The van der Waals surface area contributed by atoms with Crippen molar-refractivity contribution in [1.29, 1.82) is 0 Å². The molecular weight excluding hydrogens is 176 g/mol. The molecule has 1 unspecified atom stereocenters. The molecule has 0 spiro atoms. The molecule has 0 bridgehead atoms. The standard InChI is InChI=1S/C12H24O2/c1-3-10-4-6-11(7-5-10)8-12(13)9-14-2/h10-13H,3-9H2,1-2H3. The van der Waals surface area contributed by atoms with E-state index in [1.807, 2.05) is 0 Å². The molecule has 0 aliphatic heterocycles. The Labute approximate surface area is 87.7 Å². The van der Waals surface area contributed by atoms with E-state index in [2.05, 4.69) is 6.92 Å². The van der Waals surface area contributed by atoms with Gasteiger partial charge in [0.25, 0.3) is 0 Å². The molecule has 2 heteroatoms. The van der Waals surface area contributed by atoms with Gasteiger partial charge in [-0.25, -0.2) is 0 Å². The third-order valence-corrected chi connectivity index (χ3v) is 3.51. The Hall–Kier alpha value is -0.0800. The molecule has 1 fully saturated rings. The number of aliphatic hydroxyl groups excluding tert-OH is 1. The predicted molar refractivity (Wildman–Crippen MR) is 58.2 cm³/mol. The van der Waals surface area contributed by atoms with Crippen molar-refractivity contribution in [3.05, 3.63) is 0 Å². The highest BCUT2D eigenvalue weighted by Crippen LogP contribution is 2.32. The van der Waals surface area contributed by atoms with Crippen LogP contribution in [0.15, 0.2) is 0 Å². The van der Waals surface area contributed by atoms with E-state index in [-0.39, 0.29) is 6.10 Å². The highest BCUT2D eigenvalue weighted by molar-refractivity contribution is 4.74. The maximum Gasteiger partial charge on any atom is 0.0776 e. The van der Waals surface area contributed by atoms with Gasteiger partial charge in [0, 0.05) is 7.11 Å². The first-order valence-corrected chi connectivity index (χ1v) is 5.93. The largest absolute Gasteiger partial charge is 0.391 e. The summed E-state index contributed by atoms with van der Waals surface area (Å²) in [5.74, 6) is 1.69. The van der Waals surface area contributed by atoms with Crippen LogP contribution in [0.2, 0.25) is 0 Å². The zero-order chi connectivity index (χ0) is 10.4. The Morgan fingerprint density at radius 3 is 2.29 bits per heavy atom. The molecule has 0 aromatic carbocycles. The second kappa shape index (κ2) is 6.41. The SMILES string of the molecule is CCC1CCC(CC(O)COC)CC1. The molecule has 1 aliphatic carbocycles. The van der Waals surface area contributed by atoms with Crippen LogP contribution in [-0.4, -0.2) is 24.9 Å². The first kappa shape index (κ1) is 12.0. The van der Waals surface area contributed by atoms with E-state index in [1.165, 1.54) is 32.1 Å². The Morgan fingerprint density at radius 2 is 1.79 bits per heavy atom. The van der Waals surface area contributed by atoms with E-state index < -0.39 is 0 Å². The minimum atomic E-state index is -0.247. The van der Waals surface area contributed by atoms with Crippen molar-refractivity contribution >= 4 is 0 Å². The summed E-state index contributed by atoms with van der Waals surface area (Å²) in [6.45, 7) is 2.78. The number of rotatable bonds is 5. The summed E-state index contributed by atoms with van der Waals surface area (Å²) in [6, 6.07) is 0. The zero-order valence-corrected chi connectivity index (χ0v) is 9.54. The van der Waals surface area contributed by atoms with Gasteiger partial charge in [0.1, 0.15) is 0 Å². The average Bonchev–Trinajstić information content (AvgIpc) is 2.19. The lowest BCUT2D eigenvalue weighted by Crippen LogP contribution is -2.22. The van der Waals surface area contributed by atoms with Crippen LogP contribution < -0.4 is 0 Å². The summed E-state index contributed by atoms with van der Waals surface area (Å²) < 4.78 is 4.94. The quantitative estimate of drug-likeness (QED) is 0.739. The van der Waals surface area contributed by atoms with Crippen molar-refractivity contribution in [1.82, 2.24) is 0 Å². The topological polar surface area (TPSA) is 29.5 Å². The minimum absolute atomic E-state index is 0.247. The molecule has 14 heavy (non-hydrogen) atoms. The fraction of sp³-hybridized carbons (Fsp3) is 1.00. The number of methoxy groups -OCH3 is 1. The molecule has 2 nitrogen and oxygen atoms in total. The molecular formula is C12H24O2. The summed E-state index contributed by atoms with van der Waals surface area (Å²) in [7, 11) is 1.65. The van der Waals surface area contributed by atoms with Gasteiger partial charge >= 0.3 is 0 Å². The van der Waals surface area contributed by atoms with Crippen LogP contribution in [0.4, 0.5) is 0 Å². The van der Waals surface area contributed by atoms with Crippen molar-refractivity contribution in [3.63, 3.8) is 0 Å². The molecule has 1 saturated carbocycles. The van der Waals surface area contributed by atoms with Crippen LogP contribution in [0.1, 0.15) is 45.4 Å². The van der Waals surface area contributed by atoms with Crippen LogP contribution >= 0.6 is 0 Å². The molecule has 0 radical (unpaired) electrons. The highest BCUT2D eigenvalue weighted by Gasteiger charge is 2.21. The Morgan fingerprint density at radius 1 is 1.21 bits per heavy atom. The average molecular weight is 200 g/mol. The molecule has 1 atom stereocenters. The van der Waals surface area contributed by atoms with Crippen molar-refractivity contribution in [2.24, 2.45) is 11.8 Å². The molecule has 0 aromatic rings. The number of hydrogen-bond acceptors (Lipinski definition) is 2. The molecule has 1 N–H and O–H groups in total. The molecule has 0 amide bonds. The summed E-state index contributed by atoms with van der Waals surface area (Å²) in [4.78, 5) is 0. The van der Waals surface area contributed by atoms with Gasteiger partial charge in [0.05, 0.1) is 12.7 Å². The van der Waals surface area contributed by atoms with E-state index in [4.69, 9.17) is 4.74 Å². The lowest BCUT2D eigenvalue weighted by Gasteiger charge is -2.28. The molecule has 0 saturated heterocycles. The van der Waals surface area contributed by atoms with E-state index in [0.29, 0.717) is 6.61 Å². The maximum atomic E-state index is 9.60. The predicted octanol–water partition coefficient (Wildman–Crippen LogP) is 2.60. The van der Waals surface area contributed by atoms with Gasteiger partial charge in [-0.05, 0) is 18.3 Å². The van der Waals surface area contributed by atoms with Crippen LogP contribution in [0.3, 0.4) is 0 Å². The van der Waals surface area contributed by atoms with Gasteiger partial charge in [0.2, 0.25) is 0 Å². The van der Waals surface area contributed by atoms with Gasteiger partial charge < -0.3 is 9.84 Å². The third-order valence-electron chi connectivity index (χ3n) is 3.51. The van der Waals surface area contributed by atoms with Crippen molar-refractivity contribution in [2.75, 3.05) is 13.7 Å². The third kappa shape index (κ3) is 3.97. The Kier molecular flexibility index (Phi) is 5.49. The second-order valence-electron chi connectivity index (χ2n) is 4.64. The van der Waals surface area contributed by atoms with E-state index >= 15 is 0 Å². The minimum Gasteiger partial charge on any atom is -0.391 e. The first-order chi connectivity index (χ1) is 6.76. The Bertz CT molecular complexity index is 139. The van der Waals surface area contributed by atoms with E-state index in [9.17, 15) is 5.11 Å². The van der Waals surface area contributed by atoms with Crippen LogP contribution in [0, 0.1) is 11.8 Å². The summed E-state index contributed by atoms with van der Waals surface area (Å²) in [5.41, 5.74) is 0. The Balaban J connectivity index is 2.15. The van der Waals surface area contributed by atoms with Crippen LogP contribution in [0.5, 0.6) is 0 Å². The number of ether oxygens (including phenoxy) is 1. The second-order valence-corrected chi connectivity index (χ2v) is 4.64. The zero-order valence-electron chi connectivity index (χ0n) is 9.54. The van der Waals surface area contributed by atoms with Crippen LogP contribution in [0.25, 0.3) is 0 Å². The summed E-state index contributed by atoms with van der Waals surface area (Å²) in [6.07, 6.45) is 7.35. The molecule has 1 rings (SSSR count). The van der Waals surface area contributed by atoms with Crippen molar-refractivity contribution in [2.45, 2.75) is 51.6 Å². The highest BCUT2D eigenvalue weighted by atomic mass is 16.5. The fourth-order valence-electron chi connectivity index (χ4n) is 2.52. The van der Waals surface area contributed by atoms with Crippen LogP contribution in [-0.2, 0) is 4.74 Å². The first-order valence-electron chi connectivity index (χ1n) is 5.93. The maximum absolute atomic E-state index is 9.60. The number of hydrogen-bond donors (Lipinski definition) is 1. The monoisotopic (exact) mass is 200 g/mol. The molecule has 0 aromatic heterocycles. The fourth-order valence-corrected chi connectivity index (χ4v) is 2.52. The summed E-state index contributed by atoms with van der Waals surface area (Å²) in [5, 5.41) is 9.60. The van der Waals surface area contributed by atoms with Gasteiger partial charge in [0.15, 0.2) is 0 Å². The molecule has 0 heterocycles. The smallest absolute Gasteiger partial charge is 0.0776 e. The number of aliphatic hydroxyl groups is 1. The van der Waals surface area contributed by atoms with Gasteiger partial charge in [-0.2, -0.15) is 0 Å². The van der Waals surface area contributed by atoms with Crippen molar-refractivity contribution < 1.29 is 9.84 Å². The van der Waals surface area contributed by atoms with Gasteiger partial charge in [-0.15, -0.1) is 0 Å². The van der Waals surface area contributed by atoms with Crippen molar-refractivity contribution in [3.8, 4) is 0 Å². The van der Waals surface area contributed by atoms with E-state index in [1.54, 1.807) is 7.11 Å². The normalized spacial score (nSPS) is 30.2. The van der Waals surface area contributed by atoms with Gasteiger partial charge in [-0.1, -0.05) is 39.0 Å². The van der Waals surface area contributed by atoms with E-state index in [0.717, 1.165) is 18.3 Å².